The Hall–Kier alpha value is -0.260. The lowest BCUT2D eigenvalue weighted by molar-refractivity contribution is 0.112. The number of hydrogen-bond acceptors (Lipinski definition) is 3. The molecule has 0 unspecified atom stereocenters. The Morgan fingerprint density at radius 3 is 2.73 bits per heavy atom. The first-order valence-corrected chi connectivity index (χ1v) is 5.93. The molecule has 0 aliphatic carbocycles. The van der Waals surface area contributed by atoms with E-state index in [1.165, 1.54) is 12.1 Å². The maximum atomic E-state index is 12.7. The van der Waals surface area contributed by atoms with Crippen LogP contribution >= 0.6 is 28.6 Å². The zero-order chi connectivity index (χ0) is 11.1. The highest BCUT2D eigenvalue weighted by atomic mass is 79.9. The summed E-state index contributed by atoms with van der Waals surface area (Å²) in [6.45, 7) is 1.56. The van der Waals surface area contributed by atoms with Gasteiger partial charge in [-0.3, -0.25) is 0 Å². The van der Waals surface area contributed by atoms with Crippen molar-refractivity contribution in [1.82, 2.24) is 0 Å². The molecule has 84 valence electrons. The average Bonchev–Trinajstić information content (AvgIpc) is 2.20. The minimum absolute atomic E-state index is 0.291. The van der Waals surface area contributed by atoms with Gasteiger partial charge < -0.3 is 9.47 Å². The molecule has 0 aliphatic heterocycles. The Balaban J connectivity index is 2.31. The van der Waals surface area contributed by atoms with Crippen LogP contribution in [0.3, 0.4) is 0 Å². The molecule has 0 spiro atoms. The zero-order valence-electron chi connectivity index (χ0n) is 8.08. The van der Waals surface area contributed by atoms with E-state index in [9.17, 15) is 4.39 Å². The SMILES string of the molecule is Fc1ccc(OCCOCCS)c(Br)c1. The van der Waals surface area contributed by atoms with Crippen LogP contribution in [0.15, 0.2) is 22.7 Å². The predicted molar refractivity (Wildman–Crippen MR) is 64.3 cm³/mol. The van der Waals surface area contributed by atoms with Crippen LogP contribution in [0, 0.1) is 5.82 Å². The van der Waals surface area contributed by atoms with Gasteiger partial charge in [0.05, 0.1) is 17.7 Å². The molecule has 0 radical (unpaired) electrons. The number of halogens is 2. The molecule has 0 bridgehead atoms. The molecule has 0 saturated carbocycles. The van der Waals surface area contributed by atoms with Crippen LogP contribution in [-0.4, -0.2) is 25.6 Å². The molecule has 0 fully saturated rings. The van der Waals surface area contributed by atoms with Crippen molar-refractivity contribution >= 4 is 28.6 Å². The standard InChI is InChI=1S/C10H12BrFO2S/c11-9-7-8(12)1-2-10(9)14-4-3-13-5-6-15/h1-2,7,15H,3-6H2. The van der Waals surface area contributed by atoms with E-state index in [-0.39, 0.29) is 5.82 Å². The van der Waals surface area contributed by atoms with Crippen molar-refractivity contribution in [3.8, 4) is 5.75 Å². The summed E-state index contributed by atoms with van der Waals surface area (Å²) in [5.41, 5.74) is 0. The highest BCUT2D eigenvalue weighted by Gasteiger charge is 2.01. The lowest BCUT2D eigenvalue weighted by Crippen LogP contribution is -2.08. The second-order valence-electron chi connectivity index (χ2n) is 2.76. The zero-order valence-corrected chi connectivity index (χ0v) is 10.6. The summed E-state index contributed by atoms with van der Waals surface area (Å²) in [5.74, 6) is 1.02. The van der Waals surface area contributed by atoms with Crippen LogP contribution in [0.5, 0.6) is 5.75 Å². The minimum Gasteiger partial charge on any atom is -0.490 e. The van der Waals surface area contributed by atoms with Gasteiger partial charge in [-0.2, -0.15) is 12.6 Å². The van der Waals surface area contributed by atoms with Crippen molar-refractivity contribution in [2.45, 2.75) is 0 Å². The second-order valence-corrected chi connectivity index (χ2v) is 4.06. The largest absolute Gasteiger partial charge is 0.490 e. The molecule has 1 aromatic rings. The third kappa shape index (κ3) is 4.86. The Bertz CT molecular complexity index is 309. The van der Waals surface area contributed by atoms with Gasteiger partial charge in [0.1, 0.15) is 18.2 Å². The molecule has 0 saturated heterocycles. The molecule has 1 aromatic carbocycles. The lowest BCUT2D eigenvalue weighted by Gasteiger charge is -2.08. The molecular formula is C10H12BrFO2S. The van der Waals surface area contributed by atoms with E-state index in [1.54, 1.807) is 6.07 Å². The molecular weight excluding hydrogens is 283 g/mol. The molecule has 15 heavy (non-hydrogen) atoms. The third-order valence-electron chi connectivity index (χ3n) is 1.61. The Labute approximate surface area is 102 Å². The molecule has 0 heterocycles. The van der Waals surface area contributed by atoms with Crippen LogP contribution in [0.1, 0.15) is 0 Å². The topological polar surface area (TPSA) is 18.5 Å². The normalized spacial score (nSPS) is 10.3. The van der Waals surface area contributed by atoms with Crippen molar-refractivity contribution in [3.05, 3.63) is 28.5 Å². The molecule has 5 heteroatoms. The first kappa shape index (κ1) is 12.8. The molecule has 0 aliphatic rings. The summed E-state index contributed by atoms with van der Waals surface area (Å²) < 4.78 is 23.9. The van der Waals surface area contributed by atoms with Gasteiger partial charge in [-0.05, 0) is 34.1 Å². The molecule has 0 amide bonds. The molecule has 0 N–H and O–H groups in total. The smallest absolute Gasteiger partial charge is 0.133 e. The van der Waals surface area contributed by atoms with Crippen molar-refractivity contribution < 1.29 is 13.9 Å². The number of hydrogen-bond donors (Lipinski definition) is 1. The van der Waals surface area contributed by atoms with E-state index in [0.29, 0.717) is 35.8 Å². The fraction of sp³-hybridized carbons (Fsp3) is 0.400. The summed E-state index contributed by atoms with van der Waals surface area (Å²) in [6.07, 6.45) is 0. The van der Waals surface area contributed by atoms with Gasteiger partial charge in [-0.1, -0.05) is 0 Å². The summed E-state index contributed by atoms with van der Waals surface area (Å²) in [4.78, 5) is 0. The Morgan fingerprint density at radius 1 is 1.27 bits per heavy atom. The lowest BCUT2D eigenvalue weighted by atomic mass is 10.3. The molecule has 0 atom stereocenters. The second kappa shape index (κ2) is 7.09. The van der Waals surface area contributed by atoms with Gasteiger partial charge in [0.25, 0.3) is 0 Å². The van der Waals surface area contributed by atoms with Crippen LogP contribution in [0.2, 0.25) is 0 Å². The number of ether oxygens (including phenoxy) is 2. The van der Waals surface area contributed by atoms with Crippen molar-refractivity contribution in [1.29, 1.82) is 0 Å². The Kier molecular flexibility index (Phi) is 6.05. The molecule has 2 nitrogen and oxygen atoms in total. The summed E-state index contributed by atoms with van der Waals surface area (Å²) in [5, 5.41) is 0. The molecule has 0 aromatic heterocycles. The predicted octanol–water partition coefficient (Wildman–Crippen LogP) is 2.91. The van der Waals surface area contributed by atoms with E-state index >= 15 is 0 Å². The third-order valence-corrected chi connectivity index (χ3v) is 2.42. The first-order chi connectivity index (χ1) is 7.24. The summed E-state index contributed by atoms with van der Waals surface area (Å²) >= 11 is 7.22. The van der Waals surface area contributed by atoms with Crippen LogP contribution in [0.25, 0.3) is 0 Å². The summed E-state index contributed by atoms with van der Waals surface area (Å²) in [7, 11) is 0. The van der Waals surface area contributed by atoms with Gasteiger partial charge in [-0.25, -0.2) is 4.39 Å². The van der Waals surface area contributed by atoms with Crippen LogP contribution in [-0.2, 0) is 4.74 Å². The fourth-order valence-electron chi connectivity index (χ4n) is 0.969. The maximum absolute atomic E-state index is 12.7. The number of thiol groups is 1. The summed E-state index contributed by atoms with van der Waals surface area (Å²) in [6, 6.07) is 4.30. The Morgan fingerprint density at radius 2 is 2.07 bits per heavy atom. The number of benzene rings is 1. The van der Waals surface area contributed by atoms with E-state index < -0.39 is 0 Å². The van der Waals surface area contributed by atoms with Gasteiger partial charge in [0.2, 0.25) is 0 Å². The van der Waals surface area contributed by atoms with Crippen LogP contribution in [0.4, 0.5) is 4.39 Å². The highest BCUT2D eigenvalue weighted by molar-refractivity contribution is 9.10. The van der Waals surface area contributed by atoms with Crippen molar-refractivity contribution in [3.63, 3.8) is 0 Å². The van der Waals surface area contributed by atoms with Gasteiger partial charge >= 0.3 is 0 Å². The van der Waals surface area contributed by atoms with E-state index in [2.05, 4.69) is 28.6 Å². The van der Waals surface area contributed by atoms with Crippen LogP contribution < -0.4 is 4.74 Å². The van der Waals surface area contributed by atoms with E-state index in [0.717, 1.165) is 0 Å². The number of rotatable bonds is 6. The van der Waals surface area contributed by atoms with Crippen molar-refractivity contribution in [2.24, 2.45) is 0 Å². The fourth-order valence-corrected chi connectivity index (χ4v) is 1.56. The van der Waals surface area contributed by atoms with Crippen molar-refractivity contribution in [2.75, 3.05) is 25.6 Å². The van der Waals surface area contributed by atoms with Gasteiger partial charge in [-0.15, -0.1) is 0 Å². The highest BCUT2D eigenvalue weighted by Crippen LogP contribution is 2.25. The molecule has 1 rings (SSSR count). The average molecular weight is 295 g/mol. The first-order valence-electron chi connectivity index (χ1n) is 4.50. The van der Waals surface area contributed by atoms with E-state index in [4.69, 9.17) is 9.47 Å². The van der Waals surface area contributed by atoms with E-state index in [1.807, 2.05) is 0 Å². The van der Waals surface area contributed by atoms with Gasteiger partial charge in [0.15, 0.2) is 0 Å². The quantitative estimate of drug-likeness (QED) is 0.642. The van der Waals surface area contributed by atoms with Gasteiger partial charge in [0, 0.05) is 5.75 Å². The minimum atomic E-state index is -0.291. The monoisotopic (exact) mass is 294 g/mol. The maximum Gasteiger partial charge on any atom is 0.133 e.